The molecular formula is C7H13N. The van der Waals surface area contributed by atoms with Gasteiger partial charge in [0.2, 0.25) is 0 Å². The fourth-order valence-corrected chi connectivity index (χ4v) is 0.460. The van der Waals surface area contributed by atoms with Crippen molar-refractivity contribution in [2.45, 2.75) is 13.8 Å². The van der Waals surface area contributed by atoms with Crippen LogP contribution in [-0.4, -0.2) is 11.9 Å². The van der Waals surface area contributed by atoms with Crippen LogP contribution in [0.3, 0.4) is 0 Å². The van der Waals surface area contributed by atoms with Crippen LogP contribution in [0.25, 0.3) is 0 Å². The molecular weight excluding hydrogens is 98.1 g/mol. The van der Waals surface area contributed by atoms with Crippen molar-refractivity contribution in [3.05, 3.63) is 24.6 Å². The molecule has 0 saturated heterocycles. The predicted molar refractivity (Wildman–Crippen MR) is 37.4 cm³/mol. The molecule has 0 unspecified atom stereocenters. The highest BCUT2D eigenvalue weighted by atomic mass is 15.0. The molecule has 0 aliphatic rings. The van der Waals surface area contributed by atoms with Crippen molar-refractivity contribution in [2.24, 2.45) is 0 Å². The molecule has 0 atom stereocenters. The van der Waals surface area contributed by atoms with E-state index in [1.165, 1.54) is 5.57 Å². The highest BCUT2D eigenvalue weighted by molar-refractivity contribution is 4.94. The van der Waals surface area contributed by atoms with Crippen LogP contribution < -0.4 is 0 Å². The van der Waals surface area contributed by atoms with E-state index in [0.29, 0.717) is 0 Å². The van der Waals surface area contributed by atoms with Crippen molar-refractivity contribution in [3.63, 3.8) is 0 Å². The van der Waals surface area contributed by atoms with E-state index >= 15 is 0 Å². The van der Waals surface area contributed by atoms with E-state index in [9.17, 15) is 0 Å². The van der Waals surface area contributed by atoms with Crippen LogP contribution in [0, 0.1) is 0 Å². The molecule has 8 heavy (non-hydrogen) atoms. The van der Waals surface area contributed by atoms with E-state index in [0.717, 1.165) is 0 Å². The van der Waals surface area contributed by atoms with E-state index in [1.54, 1.807) is 6.20 Å². The maximum atomic E-state index is 3.60. The lowest BCUT2D eigenvalue weighted by Gasteiger charge is -2.05. The minimum Gasteiger partial charge on any atom is -0.358 e. The molecule has 0 radical (unpaired) electrons. The van der Waals surface area contributed by atoms with Gasteiger partial charge in [0.15, 0.2) is 0 Å². The zero-order valence-electron chi connectivity index (χ0n) is 5.81. The van der Waals surface area contributed by atoms with Gasteiger partial charge in [0.05, 0.1) is 0 Å². The van der Waals surface area contributed by atoms with E-state index in [2.05, 4.69) is 20.4 Å². The van der Waals surface area contributed by atoms with Gasteiger partial charge < -0.3 is 4.90 Å². The van der Waals surface area contributed by atoms with Gasteiger partial charge in [-0.1, -0.05) is 12.2 Å². The lowest BCUT2D eigenvalue weighted by atomic mass is 10.4. The van der Waals surface area contributed by atoms with Crippen LogP contribution >= 0.6 is 0 Å². The van der Waals surface area contributed by atoms with Gasteiger partial charge in [-0.3, -0.25) is 0 Å². The van der Waals surface area contributed by atoms with Crippen LogP contribution in [0.2, 0.25) is 0 Å². The van der Waals surface area contributed by atoms with Gasteiger partial charge in [0.1, 0.15) is 0 Å². The van der Waals surface area contributed by atoms with Crippen molar-refractivity contribution in [1.29, 1.82) is 0 Å². The van der Waals surface area contributed by atoms with Gasteiger partial charge in [-0.25, -0.2) is 0 Å². The zero-order valence-corrected chi connectivity index (χ0v) is 5.81. The summed E-state index contributed by atoms with van der Waals surface area (Å²) in [5, 5.41) is 0. The standard InChI is InChI=1S/C7H13N/c1-5-8(4)6-7(2)3/h5-6H,1H2,2-4H3. The molecule has 0 amide bonds. The third kappa shape index (κ3) is 3.47. The van der Waals surface area contributed by atoms with Gasteiger partial charge in [-0.2, -0.15) is 0 Å². The Bertz CT molecular complexity index is 99.0. The summed E-state index contributed by atoms with van der Waals surface area (Å²) in [5.41, 5.74) is 1.28. The van der Waals surface area contributed by atoms with Gasteiger partial charge in [-0.05, 0) is 20.0 Å². The Morgan fingerprint density at radius 3 is 2.12 bits per heavy atom. The fraction of sp³-hybridized carbons (Fsp3) is 0.429. The van der Waals surface area contributed by atoms with Crippen LogP contribution in [0.15, 0.2) is 24.6 Å². The average Bonchev–Trinajstić information content (AvgIpc) is 1.65. The van der Waals surface area contributed by atoms with Gasteiger partial charge >= 0.3 is 0 Å². The lowest BCUT2D eigenvalue weighted by Crippen LogP contribution is -1.98. The van der Waals surface area contributed by atoms with Crippen LogP contribution in [0.4, 0.5) is 0 Å². The largest absolute Gasteiger partial charge is 0.358 e. The van der Waals surface area contributed by atoms with Crippen molar-refractivity contribution >= 4 is 0 Å². The second kappa shape index (κ2) is 3.30. The quantitative estimate of drug-likeness (QED) is 0.526. The first-order valence-electron chi connectivity index (χ1n) is 2.66. The van der Waals surface area contributed by atoms with Gasteiger partial charge in [0, 0.05) is 13.2 Å². The zero-order chi connectivity index (χ0) is 6.57. The molecule has 0 aliphatic heterocycles. The minimum absolute atomic E-state index is 1.28. The Morgan fingerprint density at radius 1 is 1.50 bits per heavy atom. The van der Waals surface area contributed by atoms with E-state index in [4.69, 9.17) is 0 Å². The molecule has 0 N–H and O–H groups in total. The van der Waals surface area contributed by atoms with Crippen LogP contribution in [0.5, 0.6) is 0 Å². The second-order valence-corrected chi connectivity index (χ2v) is 2.05. The minimum atomic E-state index is 1.28. The Balaban J connectivity index is 3.68. The molecule has 1 nitrogen and oxygen atoms in total. The summed E-state index contributed by atoms with van der Waals surface area (Å²) < 4.78 is 0. The summed E-state index contributed by atoms with van der Waals surface area (Å²) in [5.74, 6) is 0. The number of nitrogens with zero attached hydrogens (tertiary/aromatic N) is 1. The topological polar surface area (TPSA) is 3.24 Å². The SMILES string of the molecule is C=CN(C)C=C(C)C. The third-order valence-electron chi connectivity index (χ3n) is 0.750. The molecule has 46 valence electrons. The lowest BCUT2D eigenvalue weighted by molar-refractivity contribution is 0.621. The number of hydrogen-bond donors (Lipinski definition) is 0. The second-order valence-electron chi connectivity index (χ2n) is 2.05. The summed E-state index contributed by atoms with van der Waals surface area (Å²) in [6.45, 7) is 7.71. The molecule has 0 rings (SSSR count). The first-order chi connectivity index (χ1) is 3.66. The fourth-order valence-electron chi connectivity index (χ4n) is 0.460. The van der Waals surface area contributed by atoms with Crippen molar-refractivity contribution < 1.29 is 0 Å². The first-order valence-corrected chi connectivity index (χ1v) is 2.66. The van der Waals surface area contributed by atoms with Gasteiger partial charge in [0.25, 0.3) is 0 Å². The molecule has 0 saturated carbocycles. The summed E-state index contributed by atoms with van der Waals surface area (Å²) in [6.07, 6.45) is 3.79. The van der Waals surface area contributed by atoms with E-state index < -0.39 is 0 Å². The van der Waals surface area contributed by atoms with Crippen molar-refractivity contribution in [3.8, 4) is 0 Å². The summed E-state index contributed by atoms with van der Waals surface area (Å²) in [7, 11) is 1.96. The molecule has 0 aromatic heterocycles. The normalized spacial score (nSPS) is 7.88. The van der Waals surface area contributed by atoms with Gasteiger partial charge in [-0.15, -0.1) is 0 Å². The third-order valence-corrected chi connectivity index (χ3v) is 0.750. The molecule has 0 fully saturated rings. The monoisotopic (exact) mass is 111 g/mol. The Kier molecular flexibility index (Phi) is 3.01. The highest BCUT2D eigenvalue weighted by Crippen LogP contribution is 1.91. The number of hydrogen-bond acceptors (Lipinski definition) is 1. The highest BCUT2D eigenvalue weighted by Gasteiger charge is 1.78. The Labute approximate surface area is 51.3 Å². The van der Waals surface area contributed by atoms with E-state index in [-0.39, 0.29) is 0 Å². The maximum Gasteiger partial charge on any atom is 0.0106 e. The summed E-state index contributed by atoms with van der Waals surface area (Å²) >= 11 is 0. The van der Waals surface area contributed by atoms with Crippen molar-refractivity contribution in [1.82, 2.24) is 4.90 Å². The van der Waals surface area contributed by atoms with E-state index in [1.807, 2.05) is 18.1 Å². The van der Waals surface area contributed by atoms with Crippen molar-refractivity contribution in [2.75, 3.05) is 7.05 Å². The molecule has 0 aliphatic carbocycles. The summed E-state index contributed by atoms with van der Waals surface area (Å²) in [6, 6.07) is 0. The summed E-state index contributed by atoms with van der Waals surface area (Å²) in [4.78, 5) is 1.93. The van der Waals surface area contributed by atoms with Crippen LogP contribution in [0.1, 0.15) is 13.8 Å². The number of rotatable bonds is 2. The molecule has 0 aromatic rings. The Morgan fingerprint density at radius 2 is 2.00 bits per heavy atom. The first kappa shape index (κ1) is 7.28. The molecule has 0 bridgehead atoms. The molecule has 0 spiro atoms. The smallest absolute Gasteiger partial charge is 0.0106 e. The molecule has 0 aromatic carbocycles. The Hall–Kier alpha value is -0.720. The van der Waals surface area contributed by atoms with Crippen LogP contribution in [-0.2, 0) is 0 Å². The maximum absolute atomic E-state index is 3.60. The average molecular weight is 111 g/mol. The number of allylic oxidation sites excluding steroid dienone is 1. The molecule has 0 heterocycles. The predicted octanol–water partition coefficient (Wildman–Crippen LogP) is 1.99. The molecule has 1 heteroatoms.